The molecule has 2 rings (SSSR count). The van der Waals surface area contributed by atoms with E-state index in [9.17, 15) is 5.11 Å². The first-order chi connectivity index (χ1) is 10.2. The second-order valence-corrected chi connectivity index (χ2v) is 5.15. The summed E-state index contributed by atoms with van der Waals surface area (Å²) in [7, 11) is 1.70. The Balaban J connectivity index is 2.03. The molecule has 3 heteroatoms. The molecule has 0 amide bonds. The summed E-state index contributed by atoms with van der Waals surface area (Å²) < 4.78 is 5.16. The molecule has 0 aliphatic heterocycles. The Hall–Kier alpha value is -1.84. The molecule has 0 aromatic heterocycles. The van der Waals surface area contributed by atoms with E-state index in [2.05, 4.69) is 30.4 Å². The minimum absolute atomic E-state index is 0.150. The molecule has 0 saturated heterocycles. The van der Waals surface area contributed by atoms with Gasteiger partial charge in [0, 0.05) is 25.3 Å². The Labute approximate surface area is 126 Å². The fourth-order valence-corrected chi connectivity index (χ4v) is 2.49. The summed E-state index contributed by atoms with van der Waals surface area (Å²) in [6.07, 6.45) is 0.926. The smallest absolute Gasteiger partial charge is 0.120 e. The van der Waals surface area contributed by atoms with Gasteiger partial charge in [0.25, 0.3) is 0 Å². The van der Waals surface area contributed by atoms with E-state index in [1.54, 1.807) is 13.2 Å². The zero-order valence-corrected chi connectivity index (χ0v) is 12.7. The molecule has 0 aliphatic carbocycles. The van der Waals surface area contributed by atoms with E-state index in [1.807, 2.05) is 24.3 Å². The predicted molar refractivity (Wildman–Crippen MR) is 85.1 cm³/mol. The summed E-state index contributed by atoms with van der Waals surface area (Å²) in [6, 6.07) is 16.0. The van der Waals surface area contributed by atoms with Crippen LogP contribution in [0.5, 0.6) is 5.75 Å². The maximum atomic E-state index is 9.97. The second kappa shape index (κ2) is 7.81. The normalized spacial score (nSPS) is 12.3. The average molecular weight is 285 g/mol. The van der Waals surface area contributed by atoms with Crippen LogP contribution in [0.1, 0.15) is 36.1 Å². The van der Waals surface area contributed by atoms with Crippen molar-refractivity contribution < 1.29 is 9.84 Å². The lowest BCUT2D eigenvalue weighted by molar-refractivity contribution is 0.185. The van der Waals surface area contributed by atoms with Crippen LogP contribution in [0.2, 0.25) is 0 Å². The average Bonchev–Trinajstić information content (AvgIpc) is 2.50. The highest BCUT2D eigenvalue weighted by Crippen LogP contribution is 2.26. The minimum Gasteiger partial charge on any atom is -0.508 e. The first-order valence-corrected chi connectivity index (χ1v) is 7.32. The number of hydrogen-bond donors (Lipinski definition) is 2. The van der Waals surface area contributed by atoms with E-state index in [0.29, 0.717) is 12.4 Å². The number of aromatic hydroxyl groups is 1. The molecule has 112 valence electrons. The van der Waals surface area contributed by atoms with Crippen molar-refractivity contribution in [1.82, 2.24) is 5.32 Å². The first-order valence-electron chi connectivity index (χ1n) is 7.32. The molecular formula is C18H23NO2. The van der Waals surface area contributed by atoms with Crippen LogP contribution in [0.4, 0.5) is 0 Å². The summed E-state index contributed by atoms with van der Waals surface area (Å²) in [5.74, 6) is 0.352. The monoisotopic (exact) mass is 285 g/mol. The van der Waals surface area contributed by atoms with Gasteiger partial charge >= 0.3 is 0 Å². The fourth-order valence-electron chi connectivity index (χ4n) is 2.49. The summed E-state index contributed by atoms with van der Waals surface area (Å²) in [4.78, 5) is 0. The lowest BCUT2D eigenvalue weighted by Gasteiger charge is -2.19. The molecular weight excluding hydrogens is 262 g/mol. The molecule has 0 spiro atoms. The van der Waals surface area contributed by atoms with Gasteiger partial charge < -0.3 is 15.2 Å². The molecule has 2 aromatic rings. The van der Waals surface area contributed by atoms with Crippen LogP contribution < -0.4 is 5.32 Å². The Kier molecular flexibility index (Phi) is 5.78. The maximum absolute atomic E-state index is 9.97. The number of rotatable bonds is 7. The Bertz CT molecular complexity index is 569. The van der Waals surface area contributed by atoms with Crippen molar-refractivity contribution >= 4 is 0 Å². The molecule has 0 aliphatic rings. The second-order valence-electron chi connectivity index (χ2n) is 5.15. The van der Waals surface area contributed by atoms with E-state index in [4.69, 9.17) is 4.74 Å². The van der Waals surface area contributed by atoms with Gasteiger partial charge in [0.15, 0.2) is 0 Å². The van der Waals surface area contributed by atoms with Gasteiger partial charge in [0.05, 0.1) is 6.61 Å². The van der Waals surface area contributed by atoms with Crippen molar-refractivity contribution in [3.05, 3.63) is 65.2 Å². The minimum atomic E-state index is 0.150. The van der Waals surface area contributed by atoms with Crippen molar-refractivity contribution in [2.45, 2.75) is 32.5 Å². The lowest BCUT2D eigenvalue weighted by atomic mass is 10.0. The number of nitrogens with one attached hydrogen (secondary N) is 1. The quantitative estimate of drug-likeness (QED) is 0.813. The van der Waals surface area contributed by atoms with E-state index in [0.717, 1.165) is 18.5 Å². The standard InChI is InChI=1S/C18H23NO2/c1-3-17(16-9-4-5-10-18(16)20)19-12-14-7-6-8-15(11-14)13-21-2/h4-11,17,19-20H,3,12-13H2,1-2H3. The number of methoxy groups -OCH3 is 1. The van der Waals surface area contributed by atoms with Crippen LogP contribution in [0, 0.1) is 0 Å². The molecule has 2 aromatic carbocycles. The first kappa shape index (κ1) is 15.5. The summed E-state index contributed by atoms with van der Waals surface area (Å²) >= 11 is 0. The van der Waals surface area contributed by atoms with Crippen LogP contribution >= 0.6 is 0 Å². The Morgan fingerprint density at radius 1 is 1.10 bits per heavy atom. The molecule has 0 heterocycles. The maximum Gasteiger partial charge on any atom is 0.120 e. The van der Waals surface area contributed by atoms with Crippen molar-refractivity contribution in [3.63, 3.8) is 0 Å². The topological polar surface area (TPSA) is 41.5 Å². The molecule has 2 N–H and O–H groups in total. The van der Waals surface area contributed by atoms with E-state index in [-0.39, 0.29) is 6.04 Å². The number of ether oxygens (including phenoxy) is 1. The van der Waals surface area contributed by atoms with Crippen LogP contribution in [0.25, 0.3) is 0 Å². The van der Waals surface area contributed by atoms with Gasteiger partial charge in [0.1, 0.15) is 5.75 Å². The SMILES string of the molecule is CCC(NCc1cccc(COC)c1)c1ccccc1O. The van der Waals surface area contributed by atoms with Crippen molar-refractivity contribution in [2.75, 3.05) is 7.11 Å². The van der Waals surface area contributed by atoms with Crippen molar-refractivity contribution in [1.29, 1.82) is 0 Å². The van der Waals surface area contributed by atoms with Gasteiger partial charge in [-0.15, -0.1) is 0 Å². The molecule has 3 nitrogen and oxygen atoms in total. The summed E-state index contributed by atoms with van der Waals surface area (Å²) in [5, 5.41) is 13.5. The van der Waals surface area contributed by atoms with E-state index in [1.165, 1.54) is 11.1 Å². The highest BCUT2D eigenvalue weighted by atomic mass is 16.5. The number of hydrogen-bond acceptors (Lipinski definition) is 3. The van der Waals surface area contributed by atoms with Crippen molar-refractivity contribution in [3.8, 4) is 5.75 Å². The van der Waals surface area contributed by atoms with Gasteiger partial charge in [-0.05, 0) is 23.6 Å². The van der Waals surface area contributed by atoms with Gasteiger partial charge in [0.2, 0.25) is 0 Å². The third-order valence-corrected chi connectivity index (χ3v) is 3.58. The lowest BCUT2D eigenvalue weighted by Crippen LogP contribution is -2.20. The largest absolute Gasteiger partial charge is 0.508 e. The number of benzene rings is 2. The highest BCUT2D eigenvalue weighted by Gasteiger charge is 2.12. The van der Waals surface area contributed by atoms with Crippen molar-refractivity contribution in [2.24, 2.45) is 0 Å². The molecule has 1 atom stereocenters. The van der Waals surface area contributed by atoms with E-state index < -0.39 is 0 Å². The van der Waals surface area contributed by atoms with Crippen LogP contribution in [-0.2, 0) is 17.9 Å². The third kappa shape index (κ3) is 4.31. The summed E-state index contributed by atoms with van der Waals surface area (Å²) in [6.45, 7) is 3.51. The molecule has 1 unspecified atom stereocenters. The van der Waals surface area contributed by atoms with Crippen LogP contribution in [-0.4, -0.2) is 12.2 Å². The molecule has 0 saturated carbocycles. The number of phenolic OH excluding ortho intramolecular Hbond substituents is 1. The molecule has 0 fully saturated rings. The number of para-hydroxylation sites is 1. The number of phenols is 1. The van der Waals surface area contributed by atoms with Gasteiger partial charge in [-0.3, -0.25) is 0 Å². The summed E-state index contributed by atoms with van der Waals surface area (Å²) in [5.41, 5.74) is 3.35. The van der Waals surface area contributed by atoms with Crippen LogP contribution in [0.3, 0.4) is 0 Å². The Morgan fingerprint density at radius 2 is 1.86 bits per heavy atom. The zero-order chi connectivity index (χ0) is 15.1. The zero-order valence-electron chi connectivity index (χ0n) is 12.7. The predicted octanol–water partition coefficient (Wildman–Crippen LogP) is 3.78. The fraction of sp³-hybridized carbons (Fsp3) is 0.333. The Morgan fingerprint density at radius 3 is 2.57 bits per heavy atom. The third-order valence-electron chi connectivity index (χ3n) is 3.58. The molecule has 0 radical (unpaired) electrons. The molecule has 21 heavy (non-hydrogen) atoms. The van der Waals surface area contributed by atoms with Crippen LogP contribution in [0.15, 0.2) is 48.5 Å². The molecule has 0 bridgehead atoms. The van der Waals surface area contributed by atoms with Gasteiger partial charge in [-0.2, -0.15) is 0 Å². The van der Waals surface area contributed by atoms with Gasteiger partial charge in [-0.1, -0.05) is 49.4 Å². The van der Waals surface area contributed by atoms with Gasteiger partial charge in [-0.25, -0.2) is 0 Å². The highest BCUT2D eigenvalue weighted by molar-refractivity contribution is 5.34. The van der Waals surface area contributed by atoms with E-state index >= 15 is 0 Å².